The van der Waals surface area contributed by atoms with Gasteiger partial charge in [0.05, 0.1) is 77.4 Å². The number of likely N-dealkylation sites (N-methyl/N-ethyl adjacent to an activating group) is 2. The summed E-state index contributed by atoms with van der Waals surface area (Å²) in [6.45, 7) is 35.6. The highest BCUT2D eigenvalue weighted by Crippen LogP contribution is 2.46. The molecule has 36 atom stereocenters. The molecule has 0 aromatic carbocycles. The molecule has 6 saturated heterocycles. The summed E-state index contributed by atoms with van der Waals surface area (Å²) in [5.41, 5.74) is -8.28. The first-order chi connectivity index (χ1) is 47.1. The van der Waals surface area contributed by atoms with Crippen molar-refractivity contribution in [1.82, 2.24) is 15.1 Å². The lowest BCUT2D eigenvalue weighted by Gasteiger charge is -2.48. The average Bonchev–Trinajstić information content (AvgIpc) is 1.49. The fourth-order valence-corrected chi connectivity index (χ4v) is 17.0. The Hall–Kier alpha value is -2.47. The quantitative estimate of drug-likeness (QED) is 0.110. The van der Waals surface area contributed by atoms with E-state index in [0.29, 0.717) is 31.7 Å². The molecule has 28 nitrogen and oxygen atoms in total. The molecule has 0 aromatic heterocycles. The van der Waals surface area contributed by atoms with Crippen LogP contribution in [-0.2, 0) is 71.2 Å². The van der Waals surface area contributed by atoms with Crippen LogP contribution in [0, 0.1) is 35.5 Å². The lowest BCUT2D eigenvalue weighted by Crippen LogP contribution is -2.60. The number of nitrogens with one attached hydrogen (secondary N) is 1. The molecular weight excluding hydrogens is 1330 g/mol. The Balaban J connectivity index is 0.000000321. The predicted octanol–water partition coefficient (Wildman–Crippen LogP) is 3.96. The fourth-order valence-electron chi connectivity index (χ4n) is 17.0. The largest absolute Gasteiger partial charge is 0.472 e. The average molecular weight is 1470 g/mol. The van der Waals surface area contributed by atoms with Gasteiger partial charge in [-0.05, 0) is 170 Å². The topological polar surface area (TPSA) is 367 Å². The van der Waals surface area contributed by atoms with Crippen LogP contribution in [0.4, 0.5) is 0 Å². The van der Waals surface area contributed by atoms with Crippen molar-refractivity contribution in [3.05, 3.63) is 0 Å². The Bertz CT molecular complexity index is 2680. The third kappa shape index (κ3) is 19.9. The van der Waals surface area contributed by atoms with E-state index in [4.69, 9.17) is 66.6 Å². The molecule has 28 heteroatoms. The van der Waals surface area contributed by atoms with Crippen molar-refractivity contribution in [1.29, 1.82) is 0 Å². The molecule has 0 aliphatic carbocycles. The van der Waals surface area contributed by atoms with Gasteiger partial charge in [0.2, 0.25) is 0 Å². The van der Waals surface area contributed by atoms with Crippen LogP contribution in [0.1, 0.15) is 190 Å². The van der Waals surface area contributed by atoms with E-state index < -0.39 is 192 Å². The minimum atomic E-state index is -1.84. The number of fused-ring (bicyclic) bond motifs is 2. The zero-order valence-electron chi connectivity index (χ0n) is 66.2. The van der Waals surface area contributed by atoms with Gasteiger partial charge in [-0.1, -0.05) is 41.5 Å². The van der Waals surface area contributed by atoms with Gasteiger partial charge in [0.1, 0.15) is 71.7 Å². The van der Waals surface area contributed by atoms with Crippen LogP contribution in [0.5, 0.6) is 0 Å². The molecule has 7 aliphatic rings. The molecule has 0 amide bonds. The maximum atomic E-state index is 14.2. The lowest BCUT2D eigenvalue weighted by atomic mass is 9.77. The molecule has 0 spiro atoms. The van der Waals surface area contributed by atoms with Crippen LogP contribution in [0.2, 0.25) is 0 Å². The van der Waals surface area contributed by atoms with Gasteiger partial charge < -0.3 is 123 Å². The number of methoxy groups -OCH3 is 2. The Morgan fingerprint density at radius 3 is 1.34 bits per heavy atom. The highest BCUT2D eigenvalue weighted by atomic mass is 16.7. The molecule has 10 N–H and O–H groups in total. The van der Waals surface area contributed by atoms with Crippen molar-refractivity contribution in [2.24, 2.45) is 40.5 Å². The number of aliphatic imine (C=N–C) groups is 1. The standard InChI is InChI=1S/C37H66N2O12.C37H70N2O12/c1-14-25-37(10,44)29(41)22(6)38-32-18(2)16-36(9,51-32)31(50-34-27(40)24(39(11)12)15-19(3)46-34)20(4)28(21(5)33(43)48-25)49-26-17-35(8,45-13)30(42)23(7)47-26;1-14-26-37(10,45)30(41)23(6)38-18-19(2)16-35(8,44)32(51-34-28(40)25(39(11)12)15-20(3)47-34)21(4)29(22(5)33(43)49-26)50-27-17-36(9,46-13)31(42)24(7)48-27/h18-31,34,40-42,44H,14-17H2,1-13H3;19-32,34,38,40-42,44-45H,14-18H2,1-13H3/t18-,19+,20-,21+,22+,23-,24-,25+,26-,27+,28-,29+,30-,31+,34-,35+,36+,37+;19-,20+,21-,22+,23+,24-,25-,26+,27-,28+,29-,30+,31-,32+,34-,35+,36+,37+/m00/s1. The maximum absolute atomic E-state index is 14.2. The molecule has 596 valence electrons. The highest BCUT2D eigenvalue weighted by molar-refractivity contribution is 5.81. The van der Waals surface area contributed by atoms with Crippen LogP contribution < -0.4 is 5.32 Å². The SMILES string of the molecule is CC[C@H]1OC(=O)[C@H](C)[C@@H](O[C@H]2C[C@@](C)(OC)[C@@H](O)[C@H](C)O2)[C@H](C)[C@@H](O[C@@H]2O[C@H](C)C[C@H](N(C)C)[C@H]2O)[C@@]2(C)C[C@H](C)C(=N[C@H](C)[C@@H](O)[C@]1(C)O)O2.CC[C@H]1OC(=O)[C@H](C)[C@@H](O[C@H]2C[C@@](C)(OC)[C@@H](O)[C@H](C)O2)[C@H](C)[C@@H](O[C@@H]2O[C@H](C)C[C@H](N(C)C)[C@H]2O)[C@](C)(O)C[C@H](C)CN[C@H](C)[C@@H](O)[C@]1(C)O. The molecule has 6 fully saturated rings. The number of esters is 2. The zero-order chi connectivity index (χ0) is 77.2. The van der Waals surface area contributed by atoms with E-state index in [1.54, 1.807) is 76.2 Å². The summed E-state index contributed by atoms with van der Waals surface area (Å²) in [6.07, 6.45) is -15.8. The molecule has 102 heavy (non-hydrogen) atoms. The Morgan fingerprint density at radius 1 is 0.539 bits per heavy atom. The van der Waals surface area contributed by atoms with Gasteiger partial charge in [0, 0.05) is 69.4 Å². The lowest BCUT2D eigenvalue weighted by molar-refractivity contribution is -0.318. The normalized spacial score (nSPS) is 50.1. The summed E-state index contributed by atoms with van der Waals surface area (Å²) >= 11 is 0. The molecule has 0 aromatic rings. The molecule has 2 bridgehead atoms. The number of rotatable bonds is 14. The van der Waals surface area contributed by atoms with Gasteiger partial charge in [-0.25, -0.2) is 4.99 Å². The first-order valence-electron chi connectivity index (χ1n) is 37.4. The second kappa shape index (κ2) is 35.5. The third-order valence-corrected chi connectivity index (χ3v) is 23.7. The predicted molar refractivity (Wildman–Crippen MR) is 377 cm³/mol. The number of hydrogen-bond acceptors (Lipinski definition) is 28. The van der Waals surface area contributed by atoms with Crippen molar-refractivity contribution in [2.75, 3.05) is 49.0 Å². The number of aliphatic hydroxyl groups excluding tert-OH is 6. The number of ether oxygens (including phenoxy) is 13. The summed E-state index contributed by atoms with van der Waals surface area (Å²) in [5.74, 6) is -4.64. The molecule has 7 rings (SSSR count). The Kier molecular flexibility index (Phi) is 30.8. The third-order valence-electron chi connectivity index (χ3n) is 23.7. The maximum Gasteiger partial charge on any atom is 0.311 e. The van der Waals surface area contributed by atoms with E-state index in [0.717, 1.165) is 0 Å². The number of cyclic esters (lactones) is 2. The van der Waals surface area contributed by atoms with Crippen LogP contribution in [0.15, 0.2) is 4.99 Å². The summed E-state index contributed by atoms with van der Waals surface area (Å²) < 4.78 is 81.9. The van der Waals surface area contributed by atoms with Gasteiger partial charge in [0.15, 0.2) is 31.1 Å². The smallest absolute Gasteiger partial charge is 0.311 e. The van der Waals surface area contributed by atoms with E-state index in [2.05, 4.69) is 5.32 Å². The van der Waals surface area contributed by atoms with Crippen molar-refractivity contribution >= 4 is 17.8 Å². The second-order valence-electron chi connectivity index (χ2n) is 33.2. The van der Waals surface area contributed by atoms with Gasteiger partial charge in [-0.2, -0.15) is 0 Å². The van der Waals surface area contributed by atoms with Crippen molar-refractivity contribution < 1.29 is 117 Å². The van der Waals surface area contributed by atoms with Gasteiger partial charge in [0.25, 0.3) is 0 Å². The van der Waals surface area contributed by atoms with Gasteiger partial charge in [-0.15, -0.1) is 0 Å². The molecule has 7 heterocycles. The van der Waals surface area contributed by atoms with Crippen LogP contribution in [-0.4, -0.2) is 303 Å². The van der Waals surface area contributed by atoms with Crippen molar-refractivity contribution in [3.63, 3.8) is 0 Å². The zero-order valence-corrected chi connectivity index (χ0v) is 66.2. The molecule has 0 saturated carbocycles. The molecule has 0 radical (unpaired) electrons. The van der Waals surface area contributed by atoms with E-state index in [-0.39, 0.29) is 68.2 Å². The monoisotopic (exact) mass is 1460 g/mol. The second-order valence-corrected chi connectivity index (χ2v) is 33.2. The minimum absolute atomic E-state index is 0.132. The van der Waals surface area contributed by atoms with Gasteiger partial charge in [-0.3, -0.25) is 9.59 Å². The van der Waals surface area contributed by atoms with Gasteiger partial charge >= 0.3 is 11.9 Å². The summed E-state index contributed by atoms with van der Waals surface area (Å²) in [5, 5.41) is 106. The minimum Gasteiger partial charge on any atom is -0.472 e. The number of aliphatic hydroxyl groups is 9. The number of carbonyl (C=O) groups is 2. The highest BCUT2D eigenvalue weighted by Gasteiger charge is 2.58. The Labute approximate surface area is 607 Å². The van der Waals surface area contributed by atoms with E-state index in [9.17, 15) is 55.5 Å². The Morgan fingerprint density at radius 2 is 0.941 bits per heavy atom. The number of nitrogens with zero attached hydrogens (tertiary/aromatic N) is 3. The molecule has 7 aliphatic heterocycles. The van der Waals surface area contributed by atoms with E-state index in [1.165, 1.54) is 28.1 Å². The van der Waals surface area contributed by atoms with Crippen LogP contribution in [0.3, 0.4) is 0 Å². The van der Waals surface area contributed by atoms with E-state index >= 15 is 0 Å². The first-order valence-corrected chi connectivity index (χ1v) is 37.4. The fraction of sp³-hybridized carbons (Fsp3) is 0.959. The summed E-state index contributed by atoms with van der Waals surface area (Å²) in [4.78, 5) is 36.9. The molecule has 0 unspecified atom stereocenters. The van der Waals surface area contributed by atoms with E-state index in [1.807, 2.05) is 86.5 Å². The number of carbonyl (C=O) groups excluding carboxylic acids is 2. The summed E-state index contributed by atoms with van der Waals surface area (Å²) in [6, 6.07) is -1.90. The van der Waals surface area contributed by atoms with Crippen molar-refractivity contribution in [2.45, 2.75) is 370 Å². The first kappa shape index (κ1) is 88.4. The number of hydrogen-bond donors (Lipinski definition) is 10. The van der Waals surface area contributed by atoms with Crippen LogP contribution >= 0.6 is 0 Å². The molecular formula is C74H136N4O24. The van der Waals surface area contributed by atoms with Crippen molar-refractivity contribution in [3.8, 4) is 0 Å². The summed E-state index contributed by atoms with van der Waals surface area (Å²) in [7, 11) is 10.6. The van der Waals surface area contributed by atoms with Crippen LogP contribution in [0.25, 0.3) is 0 Å².